The highest BCUT2D eigenvalue weighted by Gasteiger charge is 2.47. The predicted molar refractivity (Wildman–Crippen MR) is 101 cm³/mol. The van der Waals surface area contributed by atoms with E-state index in [0.717, 1.165) is 31.2 Å². The van der Waals surface area contributed by atoms with Crippen LogP contribution in [0.3, 0.4) is 0 Å². The van der Waals surface area contributed by atoms with E-state index in [1.54, 1.807) is 24.3 Å². The molecule has 0 N–H and O–H groups in total. The third kappa shape index (κ3) is 4.17. The van der Waals surface area contributed by atoms with Crippen LogP contribution < -0.4 is 0 Å². The molecule has 0 radical (unpaired) electrons. The lowest BCUT2D eigenvalue weighted by Crippen LogP contribution is -2.33. The molecule has 2 heterocycles. The van der Waals surface area contributed by atoms with Crippen molar-refractivity contribution in [3.05, 3.63) is 35.2 Å². The Labute approximate surface area is 172 Å². The number of nitrogens with zero attached hydrogens (tertiary/aromatic N) is 3. The smallest absolute Gasteiger partial charge is 0.308 e. The Morgan fingerprint density at radius 2 is 1.79 bits per heavy atom. The number of hydrogen-bond donors (Lipinski definition) is 0. The molecule has 0 spiro atoms. The van der Waals surface area contributed by atoms with Gasteiger partial charge in [0.25, 0.3) is 5.89 Å². The second kappa shape index (κ2) is 8.32. The second-order valence-electron chi connectivity index (χ2n) is 7.25. The van der Waals surface area contributed by atoms with Gasteiger partial charge in [0.05, 0.1) is 18.3 Å². The van der Waals surface area contributed by atoms with Crippen LogP contribution in [-0.4, -0.2) is 39.4 Å². The van der Waals surface area contributed by atoms with Crippen molar-refractivity contribution in [1.82, 2.24) is 15.0 Å². The third-order valence-electron chi connectivity index (χ3n) is 5.40. The minimum Gasteiger partial charge on any atom is -0.456 e. The predicted octanol–water partition coefficient (Wildman–Crippen LogP) is 3.00. The molecule has 152 valence electrons. The molecule has 2 amide bonds. The molecule has 2 atom stereocenters. The fourth-order valence-corrected chi connectivity index (χ4v) is 4.02. The van der Waals surface area contributed by atoms with Crippen LogP contribution in [0.25, 0.3) is 11.4 Å². The number of aromatic nitrogens is 2. The summed E-state index contributed by atoms with van der Waals surface area (Å²) >= 11 is 5.85. The average Bonchev–Trinajstić information content (AvgIpc) is 3.30. The summed E-state index contributed by atoms with van der Waals surface area (Å²) in [6, 6.07) is 6.93. The van der Waals surface area contributed by atoms with E-state index >= 15 is 0 Å². The van der Waals surface area contributed by atoms with Crippen molar-refractivity contribution in [2.24, 2.45) is 11.8 Å². The summed E-state index contributed by atoms with van der Waals surface area (Å²) in [7, 11) is 0. The number of carbonyl (C=O) groups is 3. The van der Waals surface area contributed by atoms with Crippen LogP contribution in [0.1, 0.15) is 38.0 Å². The van der Waals surface area contributed by atoms with Crippen LogP contribution in [0.5, 0.6) is 0 Å². The summed E-state index contributed by atoms with van der Waals surface area (Å²) in [6.45, 7) is -0.129. The first-order chi connectivity index (χ1) is 14.0. The minimum atomic E-state index is -0.535. The van der Waals surface area contributed by atoms with Gasteiger partial charge in [-0.25, -0.2) is 0 Å². The number of carbonyl (C=O) groups excluding carboxylic acids is 3. The van der Waals surface area contributed by atoms with Crippen LogP contribution >= 0.6 is 11.6 Å². The zero-order chi connectivity index (χ0) is 20.4. The van der Waals surface area contributed by atoms with Crippen molar-refractivity contribution < 1.29 is 23.6 Å². The molecule has 0 unspecified atom stereocenters. The molecule has 1 aromatic carbocycles. The molecule has 8 nitrogen and oxygen atoms in total. The van der Waals surface area contributed by atoms with Crippen LogP contribution in [0, 0.1) is 11.8 Å². The Bertz CT molecular complexity index is 902. The number of amides is 2. The van der Waals surface area contributed by atoms with Gasteiger partial charge in [0.2, 0.25) is 17.6 Å². The van der Waals surface area contributed by atoms with Gasteiger partial charge in [0.15, 0.2) is 6.61 Å². The van der Waals surface area contributed by atoms with Crippen molar-refractivity contribution in [1.29, 1.82) is 0 Å². The van der Waals surface area contributed by atoms with Crippen LogP contribution in [0.4, 0.5) is 0 Å². The van der Waals surface area contributed by atoms with Gasteiger partial charge in [-0.1, -0.05) is 29.6 Å². The monoisotopic (exact) mass is 417 g/mol. The SMILES string of the molecule is O=C(CCN1C(=O)[C@@H]2CCCC[C@H]2C1=O)OCc1nc(-c2ccc(Cl)cc2)no1. The van der Waals surface area contributed by atoms with Gasteiger partial charge in [-0.2, -0.15) is 4.98 Å². The third-order valence-corrected chi connectivity index (χ3v) is 5.65. The molecule has 1 aliphatic carbocycles. The Morgan fingerprint density at radius 3 is 2.45 bits per heavy atom. The lowest BCUT2D eigenvalue weighted by atomic mass is 9.81. The molecule has 1 aliphatic heterocycles. The van der Waals surface area contributed by atoms with E-state index in [9.17, 15) is 14.4 Å². The molecule has 9 heteroatoms. The van der Waals surface area contributed by atoms with Gasteiger partial charge in [-0.15, -0.1) is 0 Å². The molecule has 2 aliphatic rings. The molecular weight excluding hydrogens is 398 g/mol. The number of halogens is 1. The second-order valence-corrected chi connectivity index (χ2v) is 7.69. The van der Waals surface area contributed by atoms with Crippen LogP contribution in [0.2, 0.25) is 5.02 Å². The fraction of sp³-hybridized carbons (Fsp3) is 0.450. The normalized spacial score (nSPS) is 21.3. The molecule has 29 heavy (non-hydrogen) atoms. The standard InChI is InChI=1S/C20H20ClN3O5/c21-13-7-5-12(6-8-13)18-22-16(29-23-18)11-28-17(25)9-10-24-19(26)14-3-1-2-4-15(14)20(24)27/h5-8,14-15H,1-4,9-11H2/t14-,15-/m1/s1. The van der Waals surface area contributed by atoms with Gasteiger partial charge in [-0.3, -0.25) is 19.3 Å². The lowest BCUT2D eigenvalue weighted by molar-refractivity contribution is -0.147. The van der Waals surface area contributed by atoms with E-state index in [-0.39, 0.29) is 49.1 Å². The highest BCUT2D eigenvalue weighted by Crippen LogP contribution is 2.38. The van der Waals surface area contributed by atoms with Crippen molar-refractivity contribution >= 4 is 29.4 Å². The van der Waals surface area contributed by atoms with Crippen molar-refractivity contribution in [3.8, 4) is 11.4 Å². The van der Waals surface area contributed by atoms with Gasteiger partial charge < -0.3 is 9.26 Å². The molecule has 1 aromatic heterocycles. The number of fused-ring (bicyclic) bond motifs is 1. The quantitative estimate of drug-likeness (QED) is 0.525. The molecule has 1 saturated heterocycles. The van der Waals surface area contributed by atoms with Crippen molar-refractivity contribution in [2.75, 3.05) is 6.54 Å². The zero-order valence-corrected chi connectivity index (χ0v) is 16.4. The Kier molecular flexibility index (Phi) is 5.62. The number of hydrogen-bond acceptors (Lipinski definition) is 7. The highest BCUT2D eigenvalue weighted by molar-refractivity contribution is 6.30. The first-order valence-corrected chi connectivity index (χ1v) is 10.00. The molecule has 1 saturated carbocycles. The van der Waals surface area contributed by atoms with E-state index < -0.39 is 5.97 Å². The summed E-state index contributed by atoms with van der Waals surface area (Å²) in [5, 5.41) is 4.44. The Morgan fingerprint density at radius 1 is 1.14 bits per heavy atom. The fourth-order valence-electron chi connectivity index (χ4n) is 3.90. The summed E-state index contributed by atoms with van der Waals surface area (Å²) in [5.74, 6) is -0.749. The van der Waals surface area contributed by atoms with E-state index in [4.69, 9.17) is 20.9 Å². The summed E-state index contributed by atoms with van der Waals surface area (Å²) < 4.78 is 10.2. The van der Waals surface area contributed by atoms with Gasteiger partial charge in [-0.05, 0) is 37.1 Å². The van der Waals surface area contributed by atoms with Crippen molar-refractivity contribution in [2.45, 2.75) is 38.7 Å². The van der Waals surface area contributed by atoms with Crippen molar-refractivity contribution in [3.63, 3.8) is 0 Å². The summed E-state index contributed by atoms with van der Waals surface area (Å²) in [4.78, 5) is 42.3. The number of ether oxygens (including phenoxy) is 1. The van der Waals surface area contributed by atoms with Gasteiger partial charge in [0.1, 0.15) is 0 Å². The topological polar surface area (TPSA) is 103 Å². The molecule has 2 aromatic rings. The van der Waals surface area contributed by atoms with Crippen LogP contribution in [0.15, 0.2) is 28.8 Å². The molecular formula is C20H20ClN3O5. The van der Waals surface area contributed by atoms with E-state index in [1.165, 1.54) is 4.90 Å². The highest BCUT2D eigenvalue weighted by atomic mass is 35.5. The van der Waals surface area contributed by atoms with Crippen LogP contribution in [-0.2, 0) is 25.7 Å². The Balaban J connectivity index is 1.27. The average molecular weight is 418 g/mol. The number of esters is 1. The molecule has 4 rings (SSSR count). The lowest BCUT2D eigenvalue weighted by Gasteiger charge is -2.19. The first kappa shape index (κ1) is 19.6. The summed E-state index contributed by atoms with van der Waals surface area (Å²) in [5.41, 5.74) is 0.725. The number of likely N-dealkylation sites (tertiary alicyclic amines) is 1. The zero-order valence-electron chi connectivity index (χ0n) is 15.7. The summed E-state index contributed by atoms with van der Waals surface area (Å²) in [6.07, 6.45) is 3.39. The molecule has 2 fully saturated rings. The largest absolute Gasteiger partial charge is 0.456 e. The minimum absolute atomic E-state index is 0.0450. The van der Waals surface area contributed by atoms with Gasteiger partial charge >= 0.3 is 5.97 Å². The van der Waals surface area contributed by atoms with E-state index in [0.29, 0.717) is 10.8 Å². The maximum absolute atomic E-state index is 12.4. The first-order valence-electron chi connectivity index (χ1n) is 9.62. The van der Waals surface area contributed by atoms with Gasteiger partial charge in [0, 0.05) is 17.1 Å². The van der Waals surface area contributed by atoms with E-state index in [1.807, 2.05) is 0 Å². The molecule has 0 bridgehead atoms. The number of benzene rings is 1. The van der Waals surface area contributed by atoms with E-state index in [2.05, 4.69) is 10.1 Å². The Hall–Kier alpha value is -2.74. The maximum atomic E-state index is 12.4. The number of rotatable bonds is 6. The number of imide groups is 1. The maximum Gasteiger partial charge on any atom is 0.308 e.